The Morgan fingerprint density at radius 2 is 2.23 bits per heavy atom. The third kappa shape index (κ3) is 2.80. The lowest BCUT2D eigenvalue weighted by molar-refractivity contribution is 0.314. The summed E-state index contributed by atoms with van der Waals surface area (Å²) in [7, 11) is 0. The van der Waals surface area contributed by atoms with E-state index in [9.17, 15) is 9.18 Å². The molecule has 1 aromatic carbocycles. The Labute approximate surface area is 124 Å². The van der Waals surface area contributed by atoms with Gasteiger partial charge in [0.2, 0.25) is 11.3 Å². The maximum absolute atomic E-state index is 14.1. The van der Waals surface area contributed by atoms with Crippen LogP contribution in [0.15, 0.2) is 27.6 Å². The maximum Gasteiger partial charge on any atom is 0.292 e. The van der Waals surface area contributed by atoms with Gasteiger partial charge in [-0.05, 0) is 40.9 Å². The molecule has 0 radical (unpaired) electrons. The molecule has 2 aromatic heterocycles. The highest BCUT2D eigenvalue weighted by Gasteiger charge is 2.11. The number of nitrogens with one attached hydrogen (secondary N) is 2. The molecule has 22 heavy (non-hydrogen) atoms. The van der Waals surface area contributed by atoms with Gasteiger partial charge in [0.25, 0.3) is 5.56 Å². The number of anilines is 2. The Morgan fingerprint density at radius 3 is 3.00 bits per heavy atom. The third-order valence-electron chi connectivity index (χ3n) is 3.24. The van der Waals surface area contributed by atoms with E-state index in [0.29, 0.717) is 0 Å². The Morgan fingerprint density at radius 1 is 1.36 bits per heavy atom. The minimum Gasteiger partial charge on any atom is -0.333 e. The zero-order chi connectivity index (χ0) is 15.5. The Hall–Kier alpha value is -2.77. The van der Waals surface area contributed by atoms with Crippen LogP contribution >= 0.6 is 0 Å². The van der Waals surface area contributed by atoms with Crippen molar-refractivity contribution >= 4 is 22.8 Å². The SMILES string of the molecule is CCCCc1ccc(Nc2nc3nonc3[nH]c2=O)c(F)c1. The van der Waals surface area contributed by atoms with Gasteiger partial charge in [0.15, 0.2) is 5.82 Å². The Kier molecular flexibility index (Phi) is 3.82. The molecule has 0 aliphatic carbocycles. The molecule has 2 heterocycles. The van der Waals surface area contributed by atoms with E-state index < -0.39 is 11.4 Å². The van der Waals surface area contributed by atoms with Gasteiger partial charge in [-0.2, -0.15) is 4.98 Å². The second-order valence-electron chi connectivity index (χ2n) is 4.89. The van der Waals surface area contributed by atoms with E-state index in [-0.39, 0.29) is 22.8 Å². The van der Waals surface area contributed by atoms with Gasteiger partial charge in [0, 0.05) is 0 Å². The molecule has 3 rings (SSSR count). The molecule has 0 unspecified atom stereocenters. The standard InChI is InChI=1S/C14H14FN5O2/c1-2-3-4-8-5-6-10(9(15)7-8)16-13-14(21)18-12-11(17-13)19-22-20-12/h5-7H,2-4H2,1H3,(H,16,17,19)(H,18,20,21). The zero-order valence-electron chi connectivity index (χ0n) is 11.9. The fraction of sp³-hybridized carbons (Fsp3) is 0.286. The number of aryl methyl sites for hydroxylation is 1. The normalized spacial score (nSPS) is 11.0. The Bertz CT molecular complexity index is 858. The van der Waals surface area contributed by atoms with Gasteiger partial charge in [-0.25, -0.2) is 9.02 Å². The van der Waals surface area contributed by atoms with E-state index >= 15 is 0 Å². The lowest BCUT2D eigenvalue weighted by Crippen LogP contribution is -2.14. The number of rotatable bonds is 5. The number of H-pyrrole nitrogens is 1. The molecule has 114 valence electrons. The van der Waals surface area contributed by atoms with Crippen LogP contribution in [0.1, 0.15) is 25.3 Å². The molecule has 0 spiro atoms. The minimum atomic E-state index is -0.530. The van der Waals surface area contributed by atoms with Crippen molar-refractivity contribution in [2.24, 2.45) is 0 Å². The molecule has 0 aliphatic rings. The summed E-state index contributed by atoms with van der Waals surface area (Å²) >= 11 is 0. The second-order valence-corrected chi connectivity index (χ2v) is 4.89. The van der Waals surface area contributed by atoms with E-state index in [2.05, 4.69) is 37.2 Å². The number of nitrogens with zero attached hydrogens (tertiary/aromatic N) is 3. The number of unbranched alkanes of at least 4 members (excludes halogenated alkanes) is 1. The first-order valence-corrected chi connectivity index (χ1v) is 6.95. The van der Waals surface area contributed by atoms with Crippen molar-refractivity contribution in [3.63, 3.8) is 0 Å². The van der Waals surface area contributed by atoms with Crippen LogP contribution in [0.3, 0.4) is 0 Å². The van der Waals surface area contributed by atoms with E-state index in [4.69, 9.17) is 0 Å². The van der Waals surface area contributed by atoms with Crippen molar-refractivity contribution in [1.29, 1.82) is 0 Å². The maximum atomic E-state index is 14.1. The van der Waals surface area contributed by atoms with Crippen LogP contribution in [0.25, 0.3) is 11.3 Å². The van der Waals surface area contributed by atoms with Gasteiger partial charge in [0.05, 0.1) is 5.69 Å². The summed E-state index contributed by atoms with van der Waals surface area (Å²) in [5, 5.41) is 9.68. The topological polar surface area (TPSA) is 96.7 Å². The van der Waals surface area contributed by atoms with Crippen molar-refractivity contribution in [2.75, 3.05) is 5.32 Å². The van der Waals surface area contributed by atoms with Crippen LogP contribution in [0.2, 0.25) is 0 Å². The fourth-order valence-corrected chi connectivity index (χ4v) is 2.07. The molecular weight excluding hydrogens is 289 g/mol. The number of benzene rings is 1. The molecule has 2 N–H and O–H groups in total. The van der Waals surface area contributed by atoms with E-state index in [1.165, 1.54) is 6.07 Å². The average molecular weight is 303 g/mol. The highest BCUT2D eigenvalue weighted by molar-refractivity contribution is 5.67. The van der Waals surface area contributed by atoms with Gasteiger partial charge < -0.3 is 5.32 Å². The summed E-state index contributed by atoms with van der Waals surface area (Å²) in [6.07, 6.45) is 2.87. The summed E-state index contributed by atoms with van der Waals surface area (Å²) in [5.41, 5.74) is 0.850. The quantitative estimate of drug-likeness (QED) is 0.751. The van der Waals surface area contributed by atoms with Crippen LogP contribution in [-0.4, -0.2) is 20.3 Å². The van der Waals surface area contributed by atoms with Crippen LogP contribution in [-0.2, 0) is 6.42 Å². The first kappa shape index (κ1) is 14.2. The highest BCUT2D eigenvalue weighted by atomic mass is 19.1. The highest BCUT2D eigenvalue weighted by Crippen LogP contribution is 2.19. The number of aromatic nitrogens is 4. The van der Waals surface area contributed by atoms with E-state index in [0.717, 1.165) is 24.8 Å². The van der Waals surface area contributed by atoms with E-state index in [1.807, 2.05) is 6.07 Å². The summed E-state index contributed by atoms with van der Waals surface area (Å²) in [6.45, 7) is 2.08. The molecule has 7 nitrogen and oxygen atoms in total. The molecule has 0 bridgehead atoms. The third-order valence-corrected chi connectivity index (χ3v) is 3.24. The first-order valence-electron chi connectivity index (χ1n) is 6.95. The van der Waals surface area contributed by atoms with Crippen LogP contribution in [0.5, 0.6) is 0 Å². The van der Waals surface area contributed by atoms with Gasteiger partial charge in [-0.1, -0.05) is 19.4 Å². The number of fused-ring (bicyclic) bond motifs is 1. The largest absolute Gasteiger partial charge is 0.333 e. The summed E-state index contributed by atoms with van der Waals surface area (Å²) in [4.78, 5) is 18.2. The molecule has 3 aromatic rings. The summed E-state index contributed by atoms with van der Waals surface area (Å²) in [5.74, 6) is -0.503. The fourth-order valence-electron chi connectivity index (χ4n) is 2.07. The molecule has 0 aliphatic heterocycles. The minimum absolute atomic E-state index is 0.0663. The molecule has 0 amide bonds. The first-order chi connectivity index (χ1) is 10.7. The van der Waals surface area contributed by atoms with E-state index in [1.54, 1.807) is 6.07 Å². The smallest absolute Gasteiger partial charge is 0.292 e. The molecular formula is C14H14FN5O2. The zero-order valence-corrected chi connectivity index (χ0v) is 11.9. The second kappa shape index (κ2) is 5.92. The van der Waals surface area contributed by atoms with Crippen molar-refractivity contribution in [3.05, 3.63) is 39.9 Å². The van der Waals surface area contributed by atoms with Crippen LogP contribution in [0, 0.1) is 5.82 Å². The number of halogens is 1. The van der Waals surface area contributed by atoms with Crippen molar-refractivity contribution in [3.8, 4) is 0 Å². The van der Waals surface area contributed by atoms with Gasteiger partial charge in [0.1, 0.15) is 5.82 Å². The van der Waals surface area contributed by atoms with Gasteiger partial charge in [-0.3, -0.25) is 9.78 Å². The van der Waals surface area contributed by atoms with Gasteiger partial charge in [-0.15, -0.1) is 0 Å². The van der Waals surface area contributed by atoms with Crippen LogP contribution in [0.4, 0.5) is 15.9 Å². The number of hydrogen-bond acceptors (Lipinski definition) is 6. The predicted molar refractivity (Wildman–Crippen MR) is 78.5 cm³/mol. The summed E-state index contributed by atoms with van der Waals surface area (Å²) < 4.78 is 18.6. The lowest BCUT2D eigenvalue weighted by Gasteiger charge is -2.07. The van der Waals surface area contributed by atoms with Crippen molar-refractivity contribution in [1.82, 2.24) is 20.3 Å². The molecule has 0 fully saturated rings. The Balaban J connectivity index is 1.88. The van der Waals surface area contributed by atoms with Crippen molar-refractivity contribution in [2.45, 2.75) is 26.2 Å². The summed E-state index contributed by atoms with van der Waals surface area (Å²) in [6, 6.07) is 4.88. The number of aromatic amines is 1. The predicted octanol–water partition coefficient (Wildman–Crippen LogP) is 2.53. The van der Waals surface area contributed by atoms with Crippen molar-refractivity contribution < 1.29 is 9.02 Å². The number of hydrogen-bond donors (Lipinski definition) is 2. The van der Waals surface area contributed by atoms with Crippen LogP contribution < -0.4 is 10.9 Å². The molecule has 0 atom stereocenters. The molecule has 0 saturated heterocycles. The lowest BCUT2D eigenvalue weighted by atomic mass is 10.1. The molecule has 0 saturated carbocycles. The van der Waals surface area contributed by atoms with Gasteiger partial charge >= 0.3 is 0 Å². The average Bonchev–Trinajstić information content (AvgIpc) is 2.95. The molecule has 8 heteroatoms. The monoisotopic (exact) mass is 303 g/mol.